The highest BCUT2D eigenvalue weighted by Gasteiger charge is 2.09. The minimum absolute atomic E-state index is 0.219. The second-order valence-electron chi connectivity index (χ2n) is 3.34. The lowest BCUT2D eigenvalue weighted by Gasteiger charge is -2.14. The zero-order chi connectivity index (χ0) is 8.85. The molecule has 0 spiro atoms. The first kappa shape index (κ1) is 11.0. The molecule has 0 aliphatic heterocycles. The van der Waals surface area contributed by atoms with Crippen LogP contribution in [0.25, 0.3) is 0 Å². The molecule has 0 bridgehead atoms. The monoisotopic (exact) mass is 174 g/mol. The molecule has 0 aromatic carbocycles. The fourth-order valence-electron chi connectivity index (χ4n) is 1.10. The van der Waals surface area contributed by atoms with E-state index in [1.165, 1.54) is 0 Å². The predicted molar refractivity (Wildman–Crippen MR) is 52.0 cm³/mol. The highest BCUT2D eigenvalue weighted by Crippen LogP contribution is 2.21. The van der Waals surface area contributed by atoms with E-state index in [2.05, 4.69) is 20.8 Å². The smallest absolute Gasteiger partial charge is 0.122 e. The number of hydrogen-bond acceptors (Lipinski definition) is 2. The molecule has 2 heteroatoms. The lowest BCUT2D eigenvalue weighted by molar-refractivity contribution is -0.110. The number of carbonyl (C=O) groups is 1. The molecule has 2 unspecified atom stereocenters. The Morgan fingerprint density at radius 3 is 2.18 bits per heavy atom. The molecule has 0 saturated heterocycles. The Hall–Kier alpha value is 0.0200. The number of rotatable bonds is 5. The van der Waals surface area contributed by atoms with Crippen LogP contribution in [0.2, 0.25) is 0 Å². The van der Waals surface area contributed by atoms with Gasteiger partial charge in [0.25, 0.3) is 0 Å². The quantitative estimate of drug-likeness (QED) is 0.596. The maximum absolute atomic E-state index is 10.3. The number of aldehydes is 1. The Kier molecular flexibility index (Phi) is 5.65. The van der Waals surface area contributed by atoms with E-state index < -0.39 is 0 Å². The highest BCUT2D eigenvalue weighted by molar-refractivity contribution is 8.00. The topological polar surface area (TPSA) is 17.1 Å². The third kappa shape index (κ3) is 6.42. The Balaban J connectivity index is 3.51. The van der Waals surface area contributed by atoms with Crippen molar-refractivity contribution in [2.45, 2.75) is 44.6 Å². The Morgan fingerprint density at radius 2 is 1.82 bits per heavy atom. The Morgan fingerprint density at radius 1 is 1.27 bits per heavy atom. The molecular formula is C9H18OS. The summed E-state index contributed by atoms with van der Waals surface area (Å²) in [7, 11) is 0. The van der Waals surface area contributed by atoms with E-state index in [1.807, 2.05) is 18.7 Å². The van der Waals surface area contributed by atoms with Crippen molar-refractivity contribution in [3.05, 3.63) is 0 Å². The van der Waals surface area contributed by atoms with Crippen molar-refractivity contribution in [2.75, 3.05) is 0 Å². The molecule has 0 rings (SSSR count). The first-order valence-corrected chi connectivity index (χ1v) is 5.11. The van der Waals surface area contributed by atoms with Crippen molar-refractivity contribution >= 4 is 18.0 Å². The molecule has 0 N–H and O–H groups in total. The second kappa shape index (κ2) is 5.64. The predicted octanol–water partition coefficient (Wildman–Crippen LogP) is 2.74. The van der Waals surface area contributed by atoms with E-state index in [4.69, 9.17) is 0 Å². The standard InChI is InChI=1S/C9H18OS/c1-7(2)11-9(4)5-8(3)6-10/h6-9H,5H2,1-4H3. The van der Waals surface area contributed by atoms with Crippen LogP contribution < -0.4 is 0 Å². The van der Waals surface area contributed by atoms with Gasteiger partial charge in [-0.2, -0.15) is 11.8 Å². The zero-order valence-electron chi connectivity index (χ0n) is 7.83. The summed E-state index contributed by atoms with van der Waals surface area (Å²) < 4.78 is 0. The van der Waals surface area contributed by atoms with E-state index in [9.17, 15) is 4.79 Å². The maximum Gasteiger partial charge on any atom is 0.122 e. The summed E-state index contributed by atoms with van der Waals surface area (Å²) >= 11 is 1.94. The molecule has 0 saturated carbocycles. The van der Waals surface area contributed by atoms with Crippen LogP contribution >= 0.6 is 11.8 Å². The summed E-state index contributed by atoms with van der Waals surface area (Å²) in [5.74, 6) is 0.219. The summed E-state index contributed by atoms with van der Waals surface area (Å²) in [6, 6.07) is 0. The summed E-state index contributed by atoms with van der Waals surface area (Å²) in [6.07, 6.45) is 2.05. The minimum atomic E-state index is 0.219. The summed E-state index contributed by atoms with van der Waals surface area (Å²) in [5, 5.41) is 1.28. The van der Waals surface area contributed by atoms with Gasteiger partial charge in [-0.3, -0.25) is 0 Å². The fourth-order valence-corrected chi connectivity index (χ4v) is 2.44. The molecule has 2 atom stereocenters. The van der Waals surface area contributed by atoms with Gasteiger partial charge >= 0.3 is 0 Å². The number of carbonyl (C=O) groups excluding carboxylic acids is 1. The van der Waals surface area contributed by atoms with E-state index in [-0.39, 0.29) is 5.92 Å². The van der Waals surface area contributed by atoms with Crippen molar-refractivity contribution in [1.29, 1.82) is 0 Å². The molecule has 0 amide bonds. The maximum atomic E-state index is 10.3. The average Bonchev–Trinajstić information content (AvgIpc) is 1.85. The Bertz CT molecular complexity index is 112. The van der Waals surface area contributed by atoms with Crippen LogP contribution in [0.15, 0.2) is 0 Å². The van der Waals surface area contributed by atoms with Gasteiger partial charge in [0.05, 0.1) is 0 Å². The highest BCUT2D eigenvalue weighted by atomic mass is 32.2. The second-order valence-corrected chi connectivity index (χ2v) is 5.36. The summed E-state index contributed by atoms with van der Waals surface area (Å²) in [4.78, 5) is 10.3. The first-order chi connectivity index (χ1) is 5.06. The van der Waals surface area contributed by atoms with Gasteiger partial charge in [0, 0.05) is 11.2 Å². The zero-order valence-corrected chi connectivity index (χ0v) is 8.65. The van der Waals surface area contributed by atoms with Crippen LogP contribution in [0.1, 0.15) is 34.1 Å². The van der Waals surface area contributed by atoms with Crippen LogP contribution in [0, 0.1) is 5.92 Å². The van der Waals surface area contributed by atoms with Gasteiger partial charge in [-0.05, 0) is 11.7 Å². The SMILES string of the molecule is CC(C=O)CC(C)SC(C)C. The van der Waals surface area contributed by atoms with E-state index in [0.29, 0.717) is 10.5 Å². The molecule has 11 heavy (non-hydrogen) atoms. The van der Waals surface area contributed by atoms with Gasteiger partial charge in [-0.15, -0.1) is 0 Å². The van der Waals surface area contributed by atoms with Crippen molar-refractivity contribution in [1.82, 2.24) is 0 Å². The average molecular weight is 174 g/mol. The van der Waals surface area contributed by atoms with Crippen LogP contribution in [-0.2, 0) is 4.79 Å². The first-order valence-electron chi connectivity index (χ1n) is 4.17. The lowest BCUT2D eigenvalue weighted by atomic mass is 10.1. The van der Waals surface area contributed by atoms with Crippen molar-refractivity contribution in [3.63, 3.8) is 0 Å². The normalized spacial score (nSPS) is 16.5. The summed E-state index contributed by atoms with van der Waals surface area (Å²) in [6.45, 7) is 8.54. The molecule has 0 aliphatic carbocycles. The largest absolute Gasteiger partial charge is 0.303 e. The third-order valence-electron chi connectivity index (χ3n) is 1.44. The van der Waals surface area contributed by atoms with Gasteiger partial charge in [-0.25, -0.2) is 0 Å². The van der Waals surface area contributed by atoms with Crippen LogP contribution in [0.3, 0.4) is 0 Å². The molecule has 0 aromatic heterocycles. The van der Waals surface area contributed by atoms with Gasteiger partial charge in [0.15, 0.2) is 0 Å². The molecule has 0 radical (unpaired) electrons. The van der Waals surface area contributed by atoms with Gasteiger partial charge < -0.3 is 4.79 Å². The third-order valence-corrected chi connectivity index (χ3v) is 2.64. The number of thioether (sulfide) groups is 1. The van der Waals surface area contributed by atoms with E-state index >= 15 is 0 Å². The number of hydrogen-bond donors (Lipinski definition) is 0. The molecule has 0 aromatic rings. The molecule has 1 nitrogen and oxygen atoms in total. The van der Waals surface area contributed by atoms with Gasteiger partial charge in [0.2, 0.25) is 0 Å². The molecule has 0 heterocycles. The summed E-state index contributed by atoms with van der Waals surface area (Å²) in [5.41, 5.74) is 0. The van der Waals surface area contributed by atoms with Crippen molar-refractivity contribution in [2.24, 2.45) is 5.92 Å². The fraction of sp³-hybridized carbons (Fsp3) is 0.889. The molecule has 0 aliphatic rings. The van der Waals surface area contributed by atoms with Gasteiger partial charge in [0.1, 0.15) is 6.29 Å². The van der Waals surface area contributed by atoms with Crippen LogP contribution in [0.5, 0.6) is 0 Å². The van der Waals surface area contributed by atoms with Crippen LogP contribution in [-0.4, -0.2) is 16.8 Å². The van der Waals surface area contributed by atoms with Crippen molar-refractivity contribution < 1.29 is 4.79 Å². The minimum Gasteiger partial charge on any atom is -0.303 e. The Labute approximate surface area is 73.9 Å². The van der Waals surface area contributed by atoms with E-state index in [0.717, 1.165) is 12.7 Å². The molecule has 0 fully saturated rings. The van der Waals surface area contributed by atoms with E-state index in [1.54, 1.807) is 0 Å². The molecular weight excluding hydrogens is 156 g/mol. The molecule has 66 valence electrons. The van der Waals surface area contributed by atoms with Gasteiger partial charge in [-0.1, -0.05) is 27.7 Å². The van der Waals surface area contributed by atoms with Crippen molar-refractivity contribution in [3.8, 4) is 0 Å². The lowest BCUT2D eigenvalue weighted by Crippen LogP contribution is -2.08. The van der Waals surface area contributed by atoms with Crippen LogP contribution in [0.4, 0.5) is 0 Å².